The third-order valence-electron chi connectivity index (χ3n) is 2.22. The van der Waals surface area contributed by atoms with Crippen LogP contribution in [0.25, 0.3) is 11.4 Å². The van der Waals surface area contributed by atoms with Gasteiger partial charge in [0.15, 0.2) is 5.82 Å². The van der Waals surface area contributed by atoms with Gasteiger partial charge in [0, 0.05) is 21.0 Å². The van der Waals surface area contributed by atoms with Crippen LogP contribution in [0.2, 0.25) is 5.02 Å². The van der Waals surface area contributed by atoms with Crippen molar-refractivity contribution in [3.05, 3.63) is 33.5 Å². The predicted molar refractivity (Wildman–Crippen MR) is 68.6 cm³/mol. The summed E-state index contributed by atoms with van der Waals surface area (Å²) in [5.74, 6) is 1.87. The zero-order chi connectivity index (χ0) is 11.7. The van der Waals surface area contributed by atoms with Gasteiger partial charge in [0.2, 0.25) is 0 Å². The summed E-state index contributed by atoms with van der Waals surface area (Å²) in [5.41, 5.74) is 0.899. The van der Waals surface area contributed by atoms with Crippen molar-refractivity contribution >= 4 is 27.5 Å². The second-order valence-corrected chi connectivity index (χ2v) is 5.11. The Balaban J connectivity index is 2.46. The second kappa shape index (κ2) is 4.55. The molecule has 0 fully saturated rings. The van der Waals surface area contributed by atoms with E-state index < -0.39 is 0 Å². The van der Waals surface area contributed by atoms with Gasteiger partial charge < -0.3 is 0 Å². The maximum atomic E-state index is 5.95. The van der Waals surface area contributed by atoms with Crippen molar-refractivity contribution in [3.63, 3.8) is 0 Å². The summed E-state index contributed by atoms with van der Waals surface area (Å²) in [5, 5.41) is 7.79. The van der Waals surface area contributed by atoms with Gasteiger partial charge in [0.1, 0.15) is 5.82 Å². The molecule has 0 spiro atoms. The van der Waals surface area contributed by atoms with E-state index in [0.717, 1.165) is 15.9 Å². The second-order valence-electron chi connectivity index (χ2n) is 3.82. The molecule has 1 N–H and O–H groups in total. The number of hydrogen-bond acceptors (Lipinski definition) is 2. The summed E-state index contributed by atoms with van der Waals surface area (Å²) < 4.78 is 0.936. The molecule has 0 saturated heterocycles. The molecule has 0 saturated carbocycles. The first-order chi connectivity index (χ1) is 7.58. The maximum Gasteiger partial charge on any atom is 0.182 e. The first-order valence-electron chi connectivity index (χ1n) is 4.95. The van der Waals surface area contributed by atoms with Crippen molar-refractivity contribution in [2.75, 3.05) is 0 Å². The lowest BCUT2D eigenvalue weighted by atomic mass is 10.2. The number of H-pyrrole nitrogens is 1. The first kappa shape index (κ1) is 11.6. The fourth-order valence-corrected chi connectivity index (χ4v) is 1.92. The Bertz CT molecular complexity index is 508. The van der Waals surface area contributed by atoms with Crippen molar-refractivity contribution in [2.45, 2.75) is 19.8 Å². The number of halogens is 2. The SMILES string of the molecule is CC(C)c1nc(-c2cc(Cl)ccc2Br)n[nH]1. The monoisotopic (exact) mass is 299 g/mol. The zero-order valence-corrected chi connectivity index (χ0v) is 11.3. The molecule has 5 heteroatoms. The molecule has 0 radical (unpaired) electrons. The first-order valence-corrected chi connectivity index (χ1v) is 6.12. The lowest BCUT2D eigenvalue weighted by Gasteiger charge is -2.00. The molecule has 16 heavy (non-hydrogen) atoms. The van der Waals surface area contributed by atoms with Crippen LogP contribution in [0.3, 0.4) is 0 Å². The van der Waals surface area contributed by atoms with E-state index >= 15 is 0 Å². The van der Waals surface area contributed by atoms with E-state index in [1.807, 2.05) is 18.2 Å². The van der Waals surface area contributed by atoms with E-state index in [-0.39, 0.29) is 0 Å². The smallest absolute Gasteiger partial charge is 0.182 e. The van der Waals surface area contributed by atoms with Crippen LogP contribution < -0.4 is 0 Å². The summed E-state index contributed by atoms with van der Waals surface area (Å²) in [6, 6.07) is 5.56. The van der Waals surface area contributed by atoms with Gasteiger partial charge in [-0.05, 0) is 18.2 Å². The molecular formula is C11H11BrClN3. The van der Waals surface area contributed by atoms with Gasteiger partial charge in [0.05, 0.1) is 0 Å². The van der Waals surface area contributed by atoms with Gasteiger partial charge in [-0.15, -0.1) is 0 Å². The van der Waals surface area contributed by atoms with Crippen LogP contribution in [0, 0.1) is 0 Å². The van der Waals surface area contributed by atoms with Gasteiger partial charge in [0.25, 0.3) is 0 Å². The fourth-order valence-electron chi connectivity index (χ4n) is 1.32. The predicted octanol–water partition coefficient (Wildman–Crippen LogP) is 4.01. The molecule has 1 aromatic carbocycles. The Labute approximate surface area is 107 Å². The van der Waals surface area contributed by atoms with Crippen LogP contribution in [0.4, 0.5) is 0 Å². The van der Waals surface area contributed by atoms with Crippen LogP contribution in [0.1, 0.15) is 25.6 Å². The molecule has 0 aliphatic carbocycles. The average Bonchev–Trinajstić information content (AvgIpc) is 2.70. The third kappa shape index (κ3) is 2.28. The summed E-state index contributed by atoms with van der Waals surface area (Å²) in [6.07, 6.45) is 0. The van der Waals surface area contributed by atoms with Crippen LogP contribution in [0.15, 0.2) is 22.7 Å². The Morgan fingerprint density at radius 2 is 2.12 bits per heavy atom. The van der Waals surface area contributed by atoms with Crippen molar-refractivity contribution in [1.82, 2.24) is 15.2 Å². The number of nitrogens with one attached hydrogen (secondary N) is 1. The number of hydrogen-bond donors (Lipinski definition) is 1. The Morgan fingerprint density at radius 3 is 2.75 bits per heavy atom. The lowest BCUT2D eigenvalue weighted by Crippen LogP contribution is -1.89. The van der Waals surface area contributed by atoms with Crippen LogP contribution in [-0.4, -0.2) is 15.2 Å². The third-order valence-corrected chi connectivity index (χ3v) is 3.15. The number of aromatic nitrogens is 3. The van der Waals surface area contributed by atoms with Gasteiger partial charge in [-0.2, -0.15) is 5.10 Å². The topological polar surface area (TPSA) is 41.6 Å². The van der Waals surface area contributed by atoms with Crippen molar-refractivity contribution in [3.8, 4) is 11.4 Å². The van der Waals surface area contributed by atoms with Crippen molar-refractivity contribution in [2.24, 2.45) is 0 Å². The van der Waals surface area contributed by atoms with Gasteiger partial charge in [-0.25, -0.2) is 4.98 Å². The molecule has 3 nitrogen and oxygen atoms in total. The molecule has 0 atom stereocenters. The van der Waals surface area contributed by atoms with E-state index in [1.165, 1.54) is 0 Å². The van der Waals surface area contributed by atoms with Gasteiger partial charge in [-0.3, -0.25) is 5.10 Å². The molecular weight excluding hydrogens is 289 g/mol. The highest BCUT2D eigenvalue weighted by molar-refractivity contribution is 9.10. The number of nitrogens with zero attached hydrogens (tertiary/aromatic N) is 2. The largest absolute Gasteiger partial charge is 0.262 e. The standard InChI is InChI=1S/C11H11BrClN3/c1-6(2)10-14-11(16-15-10)8-5-7(13)3-4-9(8)12/h3-6H,1-2H3,(H,14,15,16). The highest BCUT2D eigenvalue weighted by Gasteiger charge is 2.11. The molecule has 1 heterocycles. The quantitative estimate of drug-likeness (QED) is 0.910. The average molecular weight is 301 g/mol. The van der Waals surface area contributed by atoms with Gasteiger partial charge >= 0.3 is 0 Å². The van der Waals surface area contributed by atoms with Gasteiger partial charge in [-0.1, -0.05) is 41.4 Å². The summed E-state index contributed by atoms with van der Waals surface area (Å²) in [7, 11) is 0. The summed E-state index contributed by atoms with van der Waals surface area (Å²) >= 11 is 9.41. The molecule has 0 aliphatic rings. The van der Waals surface area contributed by atoms with E-state index in [2.05, 4.69) is 45.0 Å². The fraction of sp³-hybridized carbons (Fsp3) is 0.273. The van der Waals surface area contributed by atoms with Crippen LogP contribution >= 0.6 is 27.5 Å². The molecule has 0 amide bonds. The van der Waals surface area contributed by atoms with E-state index in [1.54, 1.807) is 0 Å². The van der Waals surface area contributed by atoms with Crippen molar-refractivity contribution in [1.29, 1.82) is 0 Å². The van der Waals surface area contributed by atoms with E-state index in [4.69, 9.17) is 11.6 Å². The van der Waals surface area contributed by atoms with E-state index in [0.29, 0.717) is 16.8 Å². The summed E-state index contributed by atoms with van der Waals surface area (Å²) in [4.78, 5) is 4.43. The minimum atomic E-state index is 0.333. The number of rotatable bonds is 2. The molecule has 1 aromatic heterocycles. The number of aromatic amines is 1. The van der Waals surface area contributed by atoms with Crippen molar-refractivity contribution < 1.29 is 0 Å². The molecule has 0 aliphatic heterocycles. The zero-order valence-electron chi connectivity index (χ0n) is 8.96. The molecule has 0 unspecified atom stereocenters. The van der Waals surface area contributed by atoms with Crippen LogP contribution in [-0.2, 0) is 0 Å². The minimum Gasteiger partial charge on any atom is -0.262 e. The highest BCUT2D eigenvalue weighted by Crippen LogP contribution is 2.29. The molecule has 84 valence electrons. The Hall–Kier alpha value is -0.870. The molecule has 2 rings (SSSR count). The Morgan fingerprint density at radius 1 is 1.38 bits per heavy atom. The minimum absolute atomic E-state index is 0.333. The maximum absolute atomic E-state index is 5.95. The summed E-state index contributed by atoms with van der Waals surface area (Å²) in [6.45, 7) is 4.13. The highest BCUT2D eigenvalue weighted by atomic mass is 79.9. The lowest BCUT2D eigenvalue weighted by molar-refractivity contribution is 0.781. The van der Waals surface area contributed by atoms with Crippen LogP contribution in [0.5, 0.6) is 0 Å². The molecule has 2 aromatic rings. The number of benzene rings is 1. The molecule has 0 bridgehead atoms. The Kier molecular flexibility index (Phi) is 3.30. The van der Waals surface area contributed by atoms with E-state index in [9.17, 15) is 0 Å². The normalized spacial score (nSPS) is 11.1.